The lowest BCUT2D eigenvalue weighted by Gasteiger charge is -2.13. The van der Waals surface area contributed by atoms with E-state index in [4.69, 9.17) is 11.6 Å². The zero-order chi connectivity index (χ0) is 27.9. The number of aromatic nitrogens is 2. The number of amides is 2. The van der Waals surface area contributed by atoms with E-state index in [9.17, 15) is 14.4 Å². The number of benzene rings is 3. The van der Waals surface area contributed by atoms with Gasteiger partial charge in [0.2, 0.25) is 0 Å². The molecule has 1 heterocycles. The molecule has 3 aromatic carbocycles. The molecular formula is C29H27ClN6O3. The Morgan fingerprint density at radius 2 is 1.64 bits per heavy atom. The van der Waals surface area contributed by atoms with Gasteiger partial charge in [-0.05, 0) is 55.0 Å². The van der Waals surface area contributed by atoms with E-state index in [2.05, 4.69) is 20.9 Å². The first-order valence-electron chi connectivity index (χ1n) is 12.0. The van der Waals surface area contributed by atoms with Crippen molar-refractivity contribution in [3.05, 3.63) is 122 Å². The molecule has 0 saturated carbocycles. The fraction of sp³-hybridized carbons (Fsp3) is 0.103. The van der Waals surface area contributed by atoms with Crippen LogP contribution in [0.15, 0.2) is 94.5 Å². The summed E-state index contributed by atoms with van der Waals surface area (Å²) in [4.78, 5) is 40.9. The van der Waals surface area contributed by atoms with Gasteiger partial charge in [-0.25, -0.2) is 10.1 Å². The Kier molecular flexibility index (Phi) is 8.43. The SMILES string of the molecule is Cc1[nH]n(-c2ccccc2)c(=O)c1/C=N\NC(=O)/C(=C/c1ccc(N(C)C)cc1)NC(=O)c1ccccc1Cl. The van der Waals surface area contributed by atoms with Gasteiger partial charge in [-0.15, -0.1) is 0 Å². The number of H-pyrrole nitrogens is 1. The number of aryl methyl sites for hydroxylation is 1. The molecule has 2 amide bonds. The van der Waals surface area contributed by atoms with Crippen LogP contribution < -0.4 is 21.2 Å². The van der Waals surface area contributed by atoms with Gasteiger partial charge >= 0.3 is 0 Å². The molecule has 4 rings (SSSR count). The van der Waals surface area contributed by atoms with E-state index in [1.165, 1.54) is 17.0 Å². The zero-order valence-electron chi connectivity index (χ0n) is 21.6. The van der Waals surface area contributed by atoms with Gasteiger partial charge in [0.15, 0.2) is 0 Å². The molecule has 0 fully saturated rings. The average Bonchev–Trinajstić information content (AvgIpc) is 3.22. The average molecular weight is 543 g/mol. The number of anilines is 1. The lowest BCUT2D eigenvalue weighted by molar-refractivity contribution is -0.117. The summed E-state index contributed by atoms with van der Waals surface area (Å²) in [5.41, 5.74) is 5.43. The van der Waals surface area contributed by atoms with Crippen molar-refractivity contribution in [3.8, 4) is 5.69 Å². The van der Waals surface area contributed by atoms with Crippen molar-refractivity contribution in [2.45, 2.75) is 6.92 Å². The molecule has 0 unspecified atom stereocenters. The second kappa shape index (κ2) is 12.1. The molecule has 4 aromatic rings. The number of hydrogen-bond donors (Lipinski definition) is 3. The van der Waals surface area contributed by atoms with E-state index >= 15 is 0 Å². The van der Waals surface area contributed by atoms with Gasteiger partial charge in [0.25, 0.3) is 17.4 Å². The Balaban J connectivity index is 1.58. The summed E-state index contributed by atoms with van der Waals surface area (Å²) in [7, 11) is 3.85. The quantitative estimate of drug-likeness (QED) is 0.177. The molecule has 0 aliphatic carbocycles. The number of carbonyl (C=O) groups excluding carboxylic acids is 2. The first-order valence-corrected chi connectivity index (χ1v) is 12.4. The Morgan fingerprint density at radius 1 is 0.974 bits per heavy atom. The maximum absolute atomic E-state index is 13.1. The fourth-order valence-electron chi connectivity index (χ4n) is 3.71. The Hall–Kier alpha value is -4.89. The van der Waals surface area contributed by atoms with Crippen LogP contribution >= 0.6 is 11.6 Å². The lowest BCUT2D eigenvalue weighted by atomic mass is 10.1. The van der Waals surface area contributed by atoms with Crippen LogP contribution in [0, 0.1) is 6.92 Å². The summed E-state index contributed by atoms with van der Waals surface area (Å²) in [5.74, 6) is -1.23. The number of para-hydroxylation sites is 1. The van der Waals surface area contributed by atoms with Gasteiger partial charge in [-0.2, -0.15) is 5.10 Å². The third-order valence-corrected chi connectivity index (χ3v) is 6.15. The van der Waals surface area contributed by atoms with Crippen LogP contribution in [-0.4, -0.2) is 41.9 Å². The molecule has 0 saturated heterocycles. The highest BCUT2D eigenvalue weighted by molar-refractivity contribution is 6.34. The van der Waals surface area contributed by atoms with Crippen LogP contribution in [0.4, 0.5) is 5.69 Å². The zero-order valence-corrected chi connectivity index (χ0v) is 22.4. The van der Waals surface area contributed by atoms with Crippen molar-refractivity contribution in [3.63, 3.8) is 0 Å². The smallest absolute Gasteiger partial charge is 0.287 e. The van der Waals surface area contributed by atoms with Crippen molar-refractivity contribution in [2.24, 2.45) is 5.10 Å². The fourth-order valence-corrected chi connectivity index (χ4v) is 3.94. The third kappa shape index (κ3) is 6.52. The highest BCUT2D eigenvalue weighted by Crippen LogP contribution is 2.17. The third-order valence-electron chi connectivity index (χ3n) is 5.82. The summed E-state index contributed by atoms with van der Waals surface area (Å²) in [5, 5.41) is 9.86. The van der Waals surface area contributed by atoms with E-state index in [1.807, 2.05) is 61.5 Å². The van der Waals surface area contributed by atoms with E-state index in [0.29, 0.717) is 16.9 Å². The number of halogens is 1. The monoisotopic (exact) mass is 542 g/mol. The van der Waals surface area contributed by atoms with Crippen LogP contribution in [0.1, 0.15) is 27.2 Å². The van der Waals surface area contributed by atoms with Crippen molar-refractivity contribution >= 4 is 41.4 Å². The first kappa shape index (κ1) is 27.2. The van der Waals surface area contributed by atoms with Crippen LogP contribution in [0.2, 0.25) is 5.02 Å². The number of hydrogen-bond acceptors (Lipinski definition) is 5. The number of aromatic amines is 1. The van der Waals surface area contributed by atoms with E-state index < -0.39 is 11.8 Å². The van der Waals surface area contributed by atoms with Gasteiger partial charge in [-0.1, -0.05) is 54.1 Å². The molecule has 39 heavy (non-hydrogen) atoms. The van der Waals surface area contributed by atoms with E-state index in [-0.39, 0.29) is 27.4 Å². The van der Waals surface area contributed by atoms with Gasteiger partial charge < -0.3 is 10.2 Å². The van der Waals surface area contributed by atoms with E-state index in [0.717, 1.165) is 5.69 Å². The largest absolute Gasteiger partial charge is 0.378 e. The van der Waals surface area contributed by atoms with Crippen molar-refractivity contribution in [2.75, 3.05) is 19.0 Å². The van der Waals surface area contributed by atoms with Crippen LogP contribution in [-0.2, 0) is 4.79 Å². The van der Waals surface area contributed by atoms with Gasteiger partial charge in [-0.3, -0.25) is 19.5 Å². The molecule has 0 spiro atoms. The summed E-state index contributed by atoms with van der Waals surface area (Å²) in [6.45, 7) is 1.73. The summed E-state index contributed by atoms with van der Waals surface area (Å²) in [6.07, 6.45) is 2.80. The molecule has 1 aromatic heterocycles. The number of nitrogens with one attached hydrogen (secondary N) is 3. The Labute approximate surface area is 230 Å². The standard InChI is InChI=1S/C29H27ClN6O3/c1-19-24(29(39)36(34-19)22-9-5-4-6-10-22)18-31-33-28(38)26(17-20-13-15-21(16-14-20)35(2)3)32-27(37)23-11-7-8-12-25(23)30/h4-18,34H,1-3H3,(H,32,37)(H,33,38)/b26-17-,31-18-. The van der Waals surface area contributed by atoms with Gasteiger partial charge in [0.1, 0.15) is 5.70 Å². The summed E-state index contributed by atoms with van der Waals surface area (Å²) in [6, 6.07) is 23.1. The number of hydrazone groups is 1. The second-order valence-electron chi connectivity index (χ2n) is 8.80. The van der Waals surface area contributed by atoms with Crippen molar-refractivity contribution in [1.29, 1.82) is 0 Å². The topological polar surface area (TPSA) is 112 Å². The highest BCUT2D eigenvalue weighted by Gasteiger charge is 2.17. The highest BCUT2D eigenvalue weighted by atomic mass is 35.5. The predicted octanol–water partition coefficient (Wildman–Crippen LogP) is 4.11. The minimum Gasteiger partial charge on any atom is -0.378 e. The second-order valence-corrected chi connectivity index (χ2v) is 9.21. The summed E-state index contributed by atoms with van der Waals surface area (Å²) < 4.78 is 1.39. The van der Waals surface area contributed by atoms with Crippen molar-refractivity contribution < 1.29 is 9.59 Å². The Morgan fingerprint density at radius 3 is 2.31 bits per heavy atom. The van der Waals surface area contributed by atoms with Crippen LogP contribution in [0.3, 0.4) is 0 Å². The lowest BCUT2D eigenvalue weighted by Crippen LogP contribution is -2.33. The first-order chi connectivity index (χ1) is 18.7. The Bertz CT molecular complexity index is 1600. The molecule has 0 radical (unpaired) electrons. The molecule has 198 valence electrons. The summed E-state index contributed by atoms with van der Waals surface area (Å²) >= 11 is 6.17. The molecule has 0 atom stereocenters. The number of rotatable bonds is 8. The van der Waals surface area contributed by atoms with Gasteiger partial charge in [0, 0.05) is 25.5 Å². The van der Waals surface area contributed by atoms with Gasteiger partial charge in [0.05, 0.1) is 28.1 Å². The predicted molar refractivity (Wildman–Crippen MR) is 155 cm³/mol. The normalized spacial score (nSPS) is 11.4. The minimum atomic E-state index is -0.681. The molecule has 0 bridgehead atoms. The van der Waals surface area contributed by atoms with E-state index in [1.54, 1.807) is 43.3 Å². The maximum atomic E-state index is 13.1. The molecule has 3 N–H and O–H groups in total. The van der Waals surface area contributed by atoms with Crippen LogP contribution in [0.25, 0.3) is 11.8 Å². The van der Waals surface area contributed by atoms with Crippen LogP contribution in [0.5, 0.6) is 0 Å². The number of nitrogens with zero attached hydrogens (tertiary/aromatic N) is 3. The molecule has 9 nitrogen and oxygen atoms in total. The molecule has 0 aliphatic heterocycles. The maximum Gasteiger partial charge on any atom is 0.287 e. The molecular weight excluding hydrogens is 516 g/mol. The molecule has 0 aliphatic rings. The number of carbonyl (C=O) groups is 2. The van der Waals surface area contributed by atoms with Crippen molar-refractivity contribution in [1.82, 2.24) is 20.5 Å². The molecule has 10 heteroatoms. The minimum absolute atomic E-state index is 0.0536.